The molecule has 0 atom stereocenters. The Morgan fingerprint density at radius 3 is 2.45 bits per heavy atom. The van der Waals surface area contributed by atoms with E-state index < -0.39 is 29.7 Å². The van der Waals surface area contributed by atoms with Gasteiger partial charge >= 0.3 is 12.3 Å². The fraction of sp³-hybridized carbons (Fsp3) is 0.615. The van der Waals surface area contributed by atoms with Crippen LogP contribution in [0.2, 0.25) is 0 Å². The number of rotatable bonds is 2. The number of carbonyl (C=O) groups is 1. The van der Waals surface area contributed by atoms with Crippen LogP contribution in [0.4, 0.5) is 18.0 Å². The van der Waals surface area contributed by atoms with E-state index in [1.807, 2.05) is 0 Å². The highest BCUT2D eigenvalue weighted by Gasteiger charge is 2.37. The second-order valence-electron chi connectivity index (χ2n) is 5.87. The Morgan fingerprint density at radius 2 is 1.91 bits per heavy atom. The predicted molar refractivity (Wildman–Crippen MR) is 69.3 cm³/mol. The molecule has 1 fully saturated rings. The predicted octanol–water partition coefficient (Wildman–Crippen LogP) is 2.49. The van der Waals surface area contributed by atoms with Gasteiger partial charge in [-0.1, -0.05) is 0 Å². The molecule has 1 saturated heterocycles. The Balaban J connectivity index is 1.87. The van der Waals surface area contributed by atoms with Gasteiger partial charge in [-0.15, -0.1) is 0 Å². The molecule has 0 bridgehead atoms. The first kappa shape index (κ1) is 16.3. The molecule has 0 radical (unpaired) electrons. The summed E-state index contributed by atoms with van der Waals surface area (Å²) in [6.45, 7) is 5.70. The molecule has 0 aliphatic carbocycles. The average molecular weight is 319 g/mol. The van der Waals surface area contributed by atoms with Crippen LogP contribution in [0, 0.1) is 0 Å². The molecule has 0 unspecified atom stereocenters. The summed E-state index contributed by atoms with van der Waals surface area (Å²) in [7, 11) is 0. The quantitative estimate of drug-likeness (QED) is 0.838. The van der Waals surface area contributed by atoms with Crippen LogP contribution in [0.1, 0.15) is 26.5 Å². The third-order valence-corrected chi connectivity index (χ3v) is 2.69. The number of halogens is 3. The topological polar surface area (TPSA) is 64.5 Å². The molecule has 0 spiro atoms. The summed E-state index contributed by atoms with van der Waals surface area (Å²) in [5.41, 5.74) is -1.72. The van der Waals surface area contributed by atoms with Crippen molar-refractivity contribution in [3.8, 4) is 5.88 Å². The van der Waals surface area contributed by atoms with Crippen molar-refractivity contribution in [3.63, 3.8) is 0 Å². The van der Waals surface area contributed by atoms with Crippen LogP contribution in [0.5, 0.6) is 5.88 Å². The summed E-state index contributed by atoms with van der Waals surface area (Å²) in [4.78, 5) is 19.9. The molecule has 0 N–H and O–H groups in total. The van der Waals surface area contributed by atoms with Gasteiger partial charge in [0.15, 0.2) is 5.69 Å². The zero-order chi connectivity index (χ0) is 16.5. The third-order valence-electron chi connectivity index (χ3n) is 2.69. The molecule has 6 nitrogen and oxygen atoms in total. The molecule has 1 aliphatic rings. The molecular formula is C13H16F3N3O3. The van der Waals surface area contributed by atoms with E-state index in [1.54, 1.807) is 20.8 Å². The van der Waals surface area contributed by atoms with Gasteiger partial charge in [0.05, 0.1) is 25.5 Å². The Hall–Kier alpha value is -2.06. The molecule has 1 aromatic rings. The van der Waals surface area contributed by atoms with Crippen molar-refractivity contribution in [1.82, 2.24) is 14.9 Å². The lowest BCUT2D eigenvalue weighted by Crippen LogP contribution is -2.57. The smallest absolute Gasteiger partial charge is 0.435 e. The Labute approximate surface area is 125 Å². The van der Waals surface area contributed by atoms with E-state index in [1.165, 1.54) is 4.90 Å². The van der Waals surface area contributed by atoms with Crippen LogP contribution in [0.3, 0.4) is 0 Å². The number of nitrogens with zero attached hydrogens (tertiary/aromatic N) is 3. The monoisotopic (exact) mass is 319 g/mol. The lowest BCUT2D eigenvalue weighted by atomic mass is 10.2. The Morgan fingerprint density at radius 1 is 1.27 bits per heavy atom. The van der Waals surface area contributed by atoms with Crippen molar-refractivity contribution in [2.45, 2.75) is 38.7 Å². The first-order chi connectivity index (χ1) is 10.0. The second-order valence-corrected chi connectivity index (χ2v) is 5.87. The van der Waals surface area contributed by atoms with E-state index in [0.717, 1.165) is 6.20 Å². The summed E-state index contributed by atoms with van der Waals surface area (Å²) < 4.78 is 47.9. The zero-order valence-corrected chi connectivity index (χ0v) is 12.3. The highest BCUT2D eigenvalue weighted by molar-refractivity contribution is 5.69. The minimum Gasteiger partial charge on any atom is -0.469 e. The number of aromatic nitrogens is 2. The SMILES string of the molecule is CC(C)(C)OC(=O)N1CC(Oc2cncc(C(F)(F)F)n2)C1. The van der Waals surface area contributed by atoms with Crippen molar-refractivity contribution in [2.75, 3.05) is 13.1 Å². The molecule has 1 amide bonds. The molecule has 1 aromatic heterocycles. The Kier molecular flexibility index (Phi) is 4.17. The minimum atomic E-state index is -4.57. The maximum Gasteiger partial charge on any atom is 0.435 e. The molecule has 0 saturated carbocycles. The van der Waals surface area contributed by atoms with E-state index in [0.29, 0.717) is 6.20 Å². The van der Waals surface area contributed by atoms with Gasteiger partial charge < -0.3 is 14.4 Å². The van der Waals surface area contributed by atoms with E-state index in [2.05, 4.69) is 9.97 Å². The molecular weight excluding hydrogens is 303 g/mol. The second kappa shape index (κ2) is 5.62. The van der Waals surface area contributed by atoms with Crippen molar-refractivity contribution in [2.24, 2.45) is 0 Å². The summed E-state index contributed by atoms with van der Waals surface area (Å²) >= 11 is 0. The van der Waals surface area contributed by atoms with Gasteiger partial charge in [0, 0.05) is 0 Å². The molecule has 122 valence electrons. The van der Waals surface area contributed by atoms with E-state index >= 15 is 0 Å². The van der Waals surface area contributed by atoms with Crippen LogP contribution in [-0.4, -0.2) is 45.8 Å². The van der Waals surface area contributed by atoms with Crippen LogP contribution in [0.25, 0.3) is 0 Å². The fourth-order valence-corrected chi connectivity index (χ4v) is 1.70. The lowest BCUT2D eigenvalue weighted by Gasteiger charge is -2.39. The summed E-state index contributed by atoms with van der Waals surface area (Å²) in [5.74, 6) is -0.219. The molecule has 9 heteroatoms. The highest BCUT2D eigenvalue weighted by Crippen LogP contribution is 2.28. The standard InChI is InChI=1S/C13H16F3N3O3/c1-12(2,3)22-11(20)19-6-8(7-19)21-10-5-17-4-9(18-10)13(14,15)16/h4-5,8H,6-7H2,1-3H3. The normalized spacial score (nSPS) is 16.2. The Bertz CT molecular complexity index is 551. The highest BCUT2D eigenvalue weighted by atomic mass is 19.4. The summed E-state index contributed by atoms with van der Waals surface area (Å²) in [5, 5.41) is 0. The molecule has 2 rings (SSSR count). The van der Waals surface area contributed by atoms with E-state index in [-0.39, 0.29) is 19.0 Å². The average Bonchev–Trinajstić information content (AvgIpc) is 2.30. The van der Waals surface area contributed by atoms with Gasteiger partial charge in [0.2, 0.25) is 5.88 Å². The van der Waals surface area contributed by atoms with Crippen molar-refractivity contribution in [1.29, 1.82) is 0 Å². The van der Waals surface area contributed by atoms with Gasteiger partial charge in [-0.3, -0.25) is 4.98 Å². The number of carbonyl (C=O) groups excluding carboxylic acids is 1. The minimum absolute atomic E-state index is 0.219. The maximum atomic E-state index is 12.5. The van der Waals surface area contributed by atoms with E-state index in [4.69, 9.17) is 9.47 Å². The molecule has 0 aromatic carbocycles. The third kappa shape index (κ3) is 4.22. The van der Waals surface area contributed by atoms with Crippen LogP contribution in [0.15, 0.2) is 12.4 Å². The number of hydrogen-bond donors (Lipinski definition) is 0. The van der Waals surface area contributed by atoms with Crippen LogP contribution < -0.4 is 4.74 Å². The maximum absolute atomic E-state index is 12.5. The number of likely N-dealkylation sites (tertiary alicyclic amines) is 1. The number of hydrogen-bond acceptors (Lipinski definition) is 5. The molecule has 2 heterocycles. The number of ether oxygens (including phenoxy) is 2. The van der Waals surface area contributed by atoms with Gasteiger partial charge in [-0.05, 0) is 20.8 Å². The number of amides is 1. The largest absolute Gasteiger partial charge is 0.469 e. The van der Waals surface area contributed by atoms with Crippen molar-refractivity contribution < 1.29 is 27.4 Å². The summed E-state index contributed by atoms with van der Waals surface area (Å²) in [6.07, 6.45) is -3.76. The van der Waals surface area contributed by atoms with Crippen LogP contribution >= 0.6 is 0 Å². The van der Waals surface area contributed by atoms with Crippen molar-refractivity contribution in [3.05, 3.63) is 18.1 Å². The van der Waals surface area contributed by atoms with E-state index in [9.17, 15) is 18.0 Å². The van der Waals surface area contributed by atoms with Gasteiger partial charge in [-0.25, -0.2) is 9.78 Å². The zero-order valence-electron chi connectivity index (χ0n) is 12.3. The van der Waals surface area contributed by atoms with Gasteiger partial charge in [0.1, 0.15) is 11.7 Å². The molecule has 1 aliphatic heterocycles. The first-order valence-corrected chi connectivity index (χ1v) is 6.58. The summed E-state index contributed by atoms with van der Waals surface area (Å²) in [6, 6.07) is 0. The molecule has 22 heavy (non-hydrogen) atoms. The first-order valence-electron chi connectivity index (χ1n) is 6.58. The lowest BCUT2D eigenvalue weighted by molar-refractivity contribution is -0.141. The van der Waals surface area contributed by atoms with Crippen molar-refractivity contribution >= 4 is 6.09 Å². The fourth-order valence-electron chi connectivity index (χ4n) is 1.70. The number of alkyl halides is 3. The van der Waals surface area contributed by atoms with Crippen LogP contribution in [-0.2, 0) is 10.9 Å². The van der Waals surface area contributed by atoms with Gasteiger partial charge in [-0.2, -0.15) is 13.2 Å². The van der Waals surface area contributed by atoms with Gasteiger partial charge in [0.25, 0.3) is 0 Å².